The summed E-state index contributed by atoms with van der Waals surface area (Å²) in [6, 6.07) is 1.23. The van der Waals surface area contributed by atoms with E-state index in [0.29, 0.717) is 12.1 Å². The Balaban J connectivity index is 2.66. The Morgan fingerprint density at radius 3 is 1.95 bits per heavy atom. The summed E-state index contributed by atoms with van der Waals surface area (Å²) >= 11 is 0. The lowest BCUT2D eigenvalue weighted by Crippen LogP contribution is -2.13. The monoisotopic (exact) mass is 295 g/mol. The largest absolute Gasteiger partial charge is 0.308 e. The van der Waals surface area contributed by atoms with Crippen LogP contribution in [0.2, 0.25) is 0 Å². The molecular weight excluding hydrogens is 290 g/mol. The number of nitro benzene ring substituents is 3. The minimum atomic E-state index is -0.973. The maximum absolute atomic E-state index is 11.0. The molecule has 21 heavy (non-hydrogen) atoms. The number of non-ortho nitro benzene ring substituents is 1. The van der Waals surface area contributed by atoms with Gasteiger partial charge in [-0.15, -0.1) is 5.10 Å². The standard InChI is InChI=1S/C8H5N7O6/c16-13(17)5-3-6(14(18)19)8(7(4-5)15(20)21)10-12-2-1-9-11-12/h1-4,10H. The molecule has 0 unspecified atom stereocenters. The van der Waals surface area contributed by atoms with Crippen LogP contribution in [0.4, 0.5) is 22.7 Å². The van der Waals surface area contributed by atoms with Gasteiger partial charge in [-0.1, -0.05) is 0 Å². The number of nitro groups is 3. The molecule has 0 amide bonds. The molecule has 0 fully saturated rings. The summed E-state index contributed by atoms with van der Waals surface area (Å²) in [5.41, 5.74) is -0.675. The van der Waals surface area contributed by atoms with Gasteiger partial charge in [-0.3, -0.25) is 35.8 Å². The summed E-state index contributed by atoms with van der Waals surface area (Å²) < 4.78 is 0. The van der Waals surface area contributed by atoms with Gasteiger partial charge in [0.15, 0.2) is 0 Å². The van der Waals surface area contributed by atoms with Crippen LogP contribution in [-0.2, 0) is 0 Å². The van der Waals surface area contributed by atoms with Crippen LogP contribution in [0.5, 0.6) is 0 Å². The number of rotatable bonds is 5. The van der Waals surface area contributed by atoms with Gasteiger partial charge in [0.2, 0.25) is 5.69 Å². The molecule has 1 N–H and O–H groups in total. The van der Waals surface area contributed by atoms with E-state index in [9.17, 15) is 30.3 Å². The topological polar surface area (TPSA) is 172 Å². The number of nitrogens with zero attached hydrogens (tertiary/aromatic N) is 6. The first-order chi connectivity index (χ1) is 9.90. The van der Waals surface area contributed by atoms with Crippen LogP contribution < -0.4 is 5.43 Å². The molecule has 13 heteroatoms. The Labute approximate surface area is 114 Å². The molecule has 0 saturated carbocycles. The molecular formula is C8H5N7O6. The zero-order valence-electron chi connectivity index (χ0n) is 9.94. The molecule has 0 aliphatic heterocycles. The van der Waals surface area contributed by atoms with Crippen LogP contribution in [-0.4, -0.2) is 29.9 Å². The molecule has 1 aromatic heterocycles. The molecule has 0 aliphatic rings. The molecule has 108 valence electrons. The van der Waals surface area contributed by atoms with Crippen molar-refractivity contribution in [3.63, 3.8) is 0 Å². The molecule has 0 atom stereocenters. The van der Waals surface area contributed by atoms with Gasteiger partial charge in [0.05, 0.1) is 39.3 Å². The zero-order valence-corrected chi connectivity index (χ0v) is 9.94. The third kappa shape index (κ3) is 2.70. The van der Waals surface area contributed by atoms with E-state index in [0.717, 1.165) is 4.79 Å². The van der Waals surface area contributed by atoms with Crippen LogP contribution in [0.1, 0.15) is 0 Å². The lowest BCUT2D eigenvalue weighted by Gasteiger charge is -2.06. The molecule has 1 heterocycles. The van der Waals surface area contributed by atoms with Crippen molar-refractivity contribution in [2.24, 2.45) is 0 Å². The number of benzene rings is 1. The highest BCUT2D eigenvalue weighted by atomic mass is 16.6. The Morgan fingerprint density at radius 1 is 1.00 bits per heavy atom. The van der Waals surface area contributed by atoms with Gasteiger partial charge in [-0.2, -0.15) is 4.79 Å². The number of nitrogens with one attached hydrogen (secondary N) is 1. The summed E-state index contributed by atoms with van der Waals surface area (Å²) in [6.07, 6.45) is 2.48. The molecule has 1 aromatic carbocycles. The number of hydrogen-bond donors (Lipinski definition) is 1. The summed E-state index contributed by atoms with van der Waals surface area (Å²) in [4.78, 5) is 30.6. The van der Waals surface area contributed by atoms with Gasteiger partial charge in [0, 0.05) is 0 Å². The maximum atomic E-state index is 11.0. The maximum Gasteiger partial charge on any atom is 0.308 e. The molecule has 0 bridgehead atoms. The van der Waals surface area contributed by atoms with Crippen molar-refractivity contribution in [1.82, 2.24) is 15.1 Å². The minimum absolute atomic E-state index is 0.541. The second-order valence-corrected chi connectivity index (χ2v) is 3.59. The SMILES string of the molecule is O=[N+]([O-])c1cc([N+](=O)[O-])c(Nn2ccnn2)c([N+](=O)[O-])c1. The third-order valence-electron chi connectivity index (χ3n) is 2.33. The second-order valence-electron chi connectivity index (χ2n) is 3.59. The number of aromatic nitrogens is 3. The highest BCUT2D eigenvalue weighted by molar-refractivity contribution is 5.76. The first-order valence-electron chi connectivity index (χ1n) is 5.14. The van der Waals surface area contributed by atoms with Crippen molar-refractivity contribution < 1.29 is 14.8 Å². The van der Waals surface area contributed by atoms with Gasteiger partial charge in [-0.25, -0.2) is 0 Å². The summed E-state index contributed by atoms with van der Waals surface area (Å²) in [5, 5.41) is 39.5. The molecule has 13 nitrogen and oxygen atoms in total. The molecule has 2 aromatic rings. The predicted molar refractivity (Wildman–Crippen MR) is 65.4 cm³/mol. The lowest BCUT2D eigenvalue weighted by molar-refractivity contribution is -0.401. The average molecular weight is 295 g/mol. The van der Waals surface area contributed by atoms with E-state index in [1.54, 1.807) is 0 Å². The zero-order chi connectivity index (χ0) is 15.6. The fraction of sp³-hybridized carbons (Fsp3) is 0. The van der Waals surface area contributed by atoms with E-state index in [1.807, 2.05) is 0 Å². The van der Waals surface area contributed by atoms with E-state index in [1.165, 1.54) is 12.4 Å². The van der Waals surface area contributed by atoms with E-state index >= 15 is 0 Å². The van der Waals surface area contributed by atoms with Gasteiger partial charge in [0.1, 0.15) is 0 Å². The second kappa shape index (κ2) is 5.16. The molecule has 0 spiro atoms. The lowest BCUT2D eigenvalue weighted by atomic mass is 10.2. The van der Waals surface area contributed by atoms with Crippen molar-refractivity contribution >= 4 is 22.7 Å². The van der Waals surface area contributed by atoms with Crippen molar-refractivity contribution in [2.45, 2.75) is 0 Å². The van der Waals surface area contributed by atoms with E-state index in [4.69, 9.17) is 0 Å². The Bertz CT molecular complexity index is 692. The Kier molecular flexibility index (Phi) is 3.38. The minimum Gasteiger partial charge on any atom is -0.264 e. The van der Waals surface area contributed by atoms with E-state index in [2.05, 4.69) is 15.7 Å². The molecule has 0 aliphatic carbocycles. The fourth-order valence-corrected chi connectivity index (χ4v) is 1.49. The third-order valence-corrected chi connectivity index (χ3v) is 2.33. The van der Waals surface area contributed by atoms with E-state index in [-0.39, 0.29) is 0 Å². The average Bonchev–Trinajstić information content (AvgIpc) is 2.90. The Morgan fingerprint density at radius 2 is 1.57 bits per heavy atom. The first kappa shape index (κ1) is 13.8. The van der Waals surface area contributed by atoms with Gasteiger partial charge in [-0.05, 0) is 5.21 Å². The van der Waals surface area contributed by atoms with Crippen LogP contribution >= 0.6 is 0 Å². The van der Waals surface area contributed by atoms with Crippen LogP contribution in [0.15, 0.2) is 24.5 Å². The molecule has 2 rings (SSSR count). The van der Waals surface area contributed by atoms with Crippen LogP contribution in [0, 0.1) is 30.3 Å². The quantitative estimate of drug-likeness (QED) is 0.620. The molecule has 0 radical (unpaired) electrons. The number of anilines is 1. The van der Waals surface area contributed by atoms with Crippen LogP contribution in [0.25, 0.3) is 0 Å². The van der Waals surface area contributed by atoms with E-state index < -0.39 is 37.5 Å². The summed E-state index contributed by atoms with van der Waals surface area (Å²) in [6.45, 7) is 0. The summed E-state index contributed by atoms with van der Waals surface area (Å²) in [5.74, 6) is 0. The molecule has 0 saturated heterocycles. The fourth-order valence-electron chi connectivity index (χ4n) is 1.49. The summed E-state index contributed by atoms with van der Waals surface area (Å²) in [7, 11) is 0. The highest BCUT2D eigenvalue weighted by Crippen LogP contribution is 2.38. The van der Waals surface area contributed by atoms with Gasteiger partial charge >= 0.3 is 11.4 Å². The Hall–Kier alpha value is -3.64. The first-order valence-corrected chi connectivity index (χ1v) is 5.14. The van der Waals surface area contributed by atoms with Crippen molar-refractivity contribution in [3.05, 3.63) is 54.9 Å². The van der Waals surface area contributed by atoms with Crippen molar-refractivity contribution in [2.75, 3.05) is 5.43 Å². The number of hydrogen-bond acceptors (Lipinski definition) is 9. The normalized spacial score (nSPS) is 10.1. The van der Waals surface area contributed by atoms with Crippen molar-refractivity contribution in [3.8, 4) is 0 Å². The highest BCUT2D eigenvalue weighted by Gasteiger charge is 2.31. The smallest absolute Gasteiger partial charge is 0.264 e. The van der Waals surface area contributed by atoms with Crippen molar-refractivity contribution in [1.29, 1.82) is 0 Å². The van der Waals surface area contributed by atoms with Crippen LogP contribution in [0.3, 0.4) is 0 Å². The van der Waals surface area contributed by atoms with Gasteiger partial charge < -0.3 is 0 Å². The van der Waals surface area contributed by atoms with Gasteiger partial charge in [0.25, 0.3) is 5.69 Å². The predicted octanol–water partition coefficient (Wildman–Crippen LogP) is 0.878.